The van der Waals surface area contributed by atoms with Gasteiger partial charge in [-0.05, 0) is 43.2 Å². The first-order valence-electron chi connectivity index (χ1n) is 6.72. The van der Waals surface area contributed by atoms with E-state index in [1.54, 1.807) is 18.3 Å². The lowest BCUT2D eigenvalue weighted by atomic mass is 10.0. The number of nitrogens with zero attached hydrogens (tertiary/aromatic N) is 1. The number of hydrogen-bond donors (Lipinski definition) is 2. The van der Waals surface area contributed by atoms with Crippen molar-refractivity contribution < 1.29 is 9.50 Å². The first kappa shape index (κ1) is 14.6. The van der Waals surface area contributed by atoms with Crippen molar-refractivity contribution >= 4 is 0 Å². The molecule has 0 bridgehead atoms. The second kappa shape index (κ2) is 7.12. The molecule has 3 nitrogen and oxygen atoms in total. The van der Waals surface area contributed by atoms with E-state index < -0.39 is 6.10 Å². The fraction of sp³-hybridized carbons (Fsp3) is 0.312. The Labute approximate surface area is 118 Å². The summed E-state index contributed by atoms with van der Waals surface area (Å²) < 4.78 is 12.8. The van der Waals surface area contributed by atoms with Crippen LogP contribution in [0.15, 0.2) is 48.7 Å². The molecule has 0 aliphatic rings. The highest BCUT2D eigenvalue weighted by molar-refractivity contribution is 5.18. The van der Waals surface area contributed by atoms with E-state index in [-0.39, 0.29) is 11.9 Å². The Kier molecular flexibility index (Phi) is 5.21. The van der Waals surface area contributed by atoms with Crippen LogP contribution in [0.1, 0.15) is 30.7 Å². The van der Waals surface area contributed by atoms with Crippen LogP contribution in [-0.4, -0.2) is 16.1 Å². The molecule has 2 N–H and O–H groups in total. The number of halogens is 1. The molecule has 0 aliphatic carbocycles. The maximum Gasteiger partial charge on any atom is 0.123 e. The number of benzene rings is 1. The molecule has 1 aromatic carbocycles. The summed E-state index contributed by atoms with van der Waals surface area (Å²) in [4.78, 5) is 4.23. The van der Waals surface area contributed by atoms with Gasteiger partial charge in [0.05, 0.1) is 11.8 Å². The number of hydrogen-bond acceptors (Lipinski definition) is 3. The van der Waals surface area contributed by atoms with Gasteiger partial charge in [-0.3, -0.25) is 4.98 Å². The van der Waals surface area contributed by atoms with Crippen molar-refractivity contribution in [2.24, 2.45) is 0 Å². The molecule has 0 saturated carbocycles. The highest BCUT2D eigenvalue weighted by Gasteiger charge is 2.12. The zero-order valence-corrected chi connectivity index (χ0v) is 11.5. The molecule has 4 heteroatoms. The lowest BCUT2D eigenvalue weighted by Gasteiger charge is -2.18. The molecule has 2 atom stereocenters. The molecule has 0 aliphatic heterocycles. The summed E-state index contributed by atoms with van der Waals surface area (Å²) >= 11 is 0. The summed E-state index contributed by atoms with van der Waals surface area (Å²) in [5.41, 5.74) is 1.70. The summed E-state index contributed by atoms with van der Waals surface area (Å²) in [6, 6.07) is 11.9. The van der Waals surface area contributed by atoms with Gasteiger partial charge in [0, 0.05) is 18.8 Å². The molecule has 0 radical (unpaired) electrons. The third-order valence-electron chi connectivity index (χ3n) is 3.19. The molecule has 0 amide bonds. The Morgan fingerprint density at radius 1 is 1.20 bits per heavy atom. The minimum absolute atomic E-state index is 0.136. The van der Waals surface area contributed by atoms with E-state index in [4.69, 9.17) is 0 Å². The molecule has 1 heterocycles. The fourth-order valence-electron chi connectivity index (χ4n) is 2.02. The van der Waals surface area contributed by atoms with E-state index in [2.05, 4.69) is 10.3 Å². The van der Waals surface area contributed by atoms with Crippen LogP contribution in [0.25, 0.3) is 0 Å². The van der Waals surface area contributed by atoms with Gasteiger partial charge in [-0.2, -0.15) is 0 Å². The van der Waals surface area contributed by atoms with Crippen LogP contribution in [0.4, 0.5) is 4.39 Å². The Bertz CT molecular complexity index is 516. The largest absolute Gasteiger partial charge is 0.388 e. The van der Waals surface area contributed by atoms with Crippen molar-refractivity contribution in [2.75, 3.05) is 0 Å². The Balaban J connectivity index is 1.82. The third kappa shape index (κ3) is 4.40. The van der Waals surface area contributed by atoms with Gasteiger partial charge in [0.1, 0.15) is 5.82 Å². The van der Waals surface area contributed by atoms with E-state index in [0.717, 1.165) is 11.3 Å². The summed E-state index contributed by atoms with van der Waals surface area (Å²) in [6.07, 6.45) is 1.73. The topological polar surface area (TPSA) is 45.1 Å². The van der Waals surface area contributed by atoms with Crippen molar-refractivity contribution in [2.45, 2.75) is 32.0 Å². The van der Waals surface area contributed by atoms with Gasteiger partial charge in [0.15, 0.2) is 0 Å². The lowest BCUT2D eigenvalue weighted by molar-refractivity contribution is 0.153. The van der Waals surface area contributed by atoms with Crippen molar-refractivity contribution in [3.63, 3.8) is 0 Å². The van der Waals surface area contributed by atoms with Gasteiger partial charge in [0.2, 0.25) is 0 Å². The van der Waals surface area contributed by atoms with E-state index in [0.29, 0.717) is 13.0 Å². The van der Waals surface area contributed by atoms with Crippen LogP contribution < -0.4 is 5.32 Å². The van der Waals surface area contributed by atoms with Crippen LogP contribution in [0.2, 0.25) is 0 Å². The van der Waals surface area contributed by atoms with E-state index in [9.17, 15) is 9.50 Å². The number of aliphatic hydroxyl groups is 1. The molecule has 2 rings (SSSR count). The summed E-state index contributed by atoms with van der Waals surface area (Å²) in [5, 5.41) is 13.4. The number of pyridine rings is 1. The Morgan fingerprint density at radius 3 is 2.60 bits per heavy atom. The first-order chi connectivity index (χ1) is 9.65. The monoisotopic (exact) mass is 274 g/mol. The van der Waals surface area contributed by atoms with E-state index in [1.807, 2.05) is 25.1 Å². The zero-order valence-electron chi connectivity index (χ0n) is 11.5. The molecule has 106 valence electrons. The molecule has 0 spiro atoms. The highest BCUT2D eigenvalue weighted by atomic mass is 19.1. The number of nitrogens with one attached hydrogen (secondary N) is 1. The van der Waals surface area contributed by atoms with Gasteiger partial charge in [-0.15, -0.1) is 0 Å². The molecular formula is C16H19FN2O. The van der Waals surface area contributed by atoms with E-state index >= 15 is 0 Å². The van der Waals surface area contributed by atoms with Crippen LogP contribution in [0, 0.1) is 5.82 Å². The van der Waals surface area contributed by atoms with Crippen molar-refractivity contribution in [3.8, 4) is 0 Å². The quantitative estimate of drug-likeness (QED) is 0.851. The van der Waals surface area contributed by atoms with Crippen LogP contribution >= 0.6 is 0 Å². The molecule has 1 aromatic heterocycles. The maximum atomic E-state index is 12.8. The second-order valence-electron chi connectivity index (χ2n) is 4.91. The van der Waals surface area contributed by atoms with Gasteiger partial charge >= 0.3 is 0 Å². The number of rotatable bonds is 6. The molecular weight excluding hydrogens is 255 g/mol. The Morgan fingerprint density at radius 2 is 1.95 bits per heavy atom. The summed E-state index contributed by atoms with van der Waals surface area (Å²) in [7, 11) is 0. The SMILES string of the molecule is CC(CC(O)c1ccc(F)cc1)NCc1ccccn1. The third-order valence-corrected chi connectivity index (χ3v) is 3.19. The molecule has 0 fully saturated rings. The minimum atomic E-state index is -0.596. The lowest BCUT2D eigenvalue weighted by Crippen LogP contribution is -2.27. The van der Waals surface area contributed by atoms with Crippen LogP contribution in [0.3, 0.4) is 0 Å². The first-order valence-corrected chi connectivity index (χ1v) is 6.72. The van der Waals surface area contributed by atoms with Crippen LogP contribution in [-0.2, 0) is 6.54 Å². The standard InChI is InChI=1S/C16H19FN2O/c1-12(19-11-15-4-2-3-9-18-15)10-16(20)13-5-7-14(17)8-6-13/h2-9,12,16,19-20H,10-11H2,1H3. The summed E-state index contributed by atoms with van der Waals surface area (Å²) in [5.74, 6) is -0.290. The summed E-state index contributed by atoms with van der Waals surface area (Å²) in [6.45, 7) is 2.67. The van der Waals surface area contributed by atoms with Crippen LogP contribution in [0.5, 0.6) is 0 Å². The maximum absolute atomic E-state index is 12.8. The number of aliphatic hydroxyl groups excluding tert-OH is 1. The van der Waals surface area contributed by atoms with Gasteiger partial charge in [0.25, 0.3) is 0 Å². The predicted octanol–water partition coefficient (Wildman–Crippen LogP) is 2.82. The van der Waals surface area contributed by atoms with Gasteiger partial charge in [-0.1, -0.05) is 18.2 Å². The zero-order chi connectivity index (χ0) is 14.4. The van der Waals surface area contributed by atoms with Crippen molar-refractivity contribution in [1.82, 2.24) is 10.3 Å². The highest BCUT2D eigenvalue weighted by Crippen LogP contribution is 2.18. The second-order valence-corrected chi connectivity index (χ2v) is 4.91. The molecule has 2 unspecified atom stereocenters. The van der Waals surface area contributed by atoms with Crippen molar-refractivity contribution in [1.29, 1.82) is 0 Å². The average Bonchev–Trinajstić information content (AvgIpc) is 2.47. The minimum Gasteiger partial charge on any atom is -0.388 e. The van der Waals surface area contributed by atoms with Crippen molar-refractivity contribution in [3.05, 3.63) is 65.7 Å². The Hall–Kier alpha value is -1.78. The normalized spacial score (nSPS) is 13.9. The molecule has 2 aromatic rings. The fourth-order valence-corrected chi connectivity index (χ4v) is 2.02. The molecule has 20 heavy (non-hydrogen) atoms. The number of aromatic nitrogens is 1. The smallest absolute Gasteiger partial charge is 0.123 e. The van der Waals surface area contributed by atoms with Gasteiger partial charge < -0.3 is 10.4 Å². The predicted molar refractivity (Wildman–Crippen MR) is 76.5 cm³/mol. The average molecular weight is 274 g/mol. The van der Waals surface area contributed by atoms with E-state index in [1.165, 1.54) is 12.1 Å². The molecule has 0 saturated heterocycles. The van der Waals surface area contributed by atoms with Gasteiger partial charge in [-0.25, -0.2) is 4.39 Å².